The summed E-state index contributed by atoms with van der Waals surface area (Å²) < 4.78 is 4.97. The largest absolute Gasteiger partial charge is 0.479 e. The zero-order valence-corrected chi connectivity index (χ0v) is 7.90. The fourth-order valence-electron chi connectivity index (χ4n) is 1.14. The van der Waals surface area contributed by atoms with Gasteiger partial charge in [0.25, 0.3) is 0 Å². The monoisotopic (exact) mass is 197 g/mol. The lowest BCUT2D eigenvalue weighted by molar-refractivity contribution is -0.147. The van der Waals surface area contributed by atoms with Crippen LogP contribution < -0.4 is 5.32 Å². The van der Waals surface area contributed by atoms with Gasteiger partial charge in [0, 0.05) is 6.92 Å². The molecule has 0 fully saturated rings. The fraction of sp³-hybridized carbons (Fsp3) is 0.333. The lowest BCUT2D eigenvalue weighted by Crippen LogP contribution is -2.48. The van der Waals surface area contributed by atoms with Gasteiger partial charge in [-0.25, -0.2) is 4.79 Å². The maximum absolute atomic E-state index is 11.0. The predicted octanol–water partition coefficient (Wildman–Crippen LogP) is 0.715. The third-order valence-electron chi connectivity index (χ3n) is 1.87. The van der Waals surface area contributed by atoms with Crippen molar-refractivity contribution in [2.75, 3.05) is 0 Å². The van der Waals surface area contributed by atoms with E-state index in [2.05, 4.69) is 5.32 Å². The number of hydrogen-bond donors (Lipinski definition) is 2. The summed E-state index contributed by atoms with van der Waals surface area (Å²) >= 11 is 0. The van der Waals surface area contributed by atoms with Gasteiger partial charge in [-0.05, 0) is 19.1 Å². The van der Waals surface area contributed by atoms with Crippen LogP contribution in [0.3, 0.4) is 0 Å². The Balaban J connectivity index is 3.05. The number of nitrogens with one attached hydrogen (secondary N) is 1. The van der Waals surface area contributed by atoms with Crippen molar-refractivity contribution in [1.82, 2.24) is 5.32 Å². The van der Waals surface area contributed by atoms with Crippen LogP contribution in [0.1, 0.15) is 19.6 Å². The fourth-order valence-corrected chi connectivity index (χ4v) is 1.14. The van der Waals surface area contributed by atoms with E-state index < -0.39 is 17.4 Å². The number of furan rings is 1. The predicted molar refractivity (Wildman–Crippen MR) is 47.5 cm³/mol. The van der Waals surface area contributed by atoms with Gasteiger partial charge in [0.1, 0.15) is 5.76 Å². The molecule has 76 valence electrons. The minimum absolute atomic E-state index is 0.195. The molecule has 1 atom stereocenters. The highest BCUT2D eigenvalue weighted by Gasteiger charge is 2.38. The molecule has 1 aromatic heterocycles. The second-order valence-corrected chi connectivity index (χ2v) is 3.09. The molecular formula is C9H11NO4. The van der Waals surface area contributed by atoms with E-state index in [9.17, 15) is 9.59 Å². The summed E-state index contributed by atoms with van der Waals surface area (Å²) in [5.74, 6) is -1.39. The van der Waals surface area contributed by atoms with Crippen LogP contribution in [-0.2, 0) is 15.1 Å². The zero-order chi connectivity index (χ0) is 10.8. The first-order valence-electron chi connectivity index (χ1n) is 4.03. The minimum atomic E-state index is -1.50. The van der Waals surface area contributed by atoms with E-state index in [-0.39, 0.29) is 5.76 Å². The van der Waals surface area contributed by atoms with Crippen molar-refractivity contribution in [3.05, 3.63) is 24.2 Å². The summed E-state index contributed by atoms with van der Waals surface area (Å²) in [6, 6.07) is 3.07. The first-order chi connectivity index (χ1) is 6.47. The second kappa shape index (κ2) is 3.53. The number of carboxylic acid groups (broad SMARTS) is 1. The molecule has 5 heteroatoms. The standard InChI is InChI=1S/C9H11NO4/c1-6(11)10-9(2,8(12)13)7-4-3-5-14-7/h3-5H,1-2H3,(H,10,11)(H,12,13)/t9-/m0/s1. The van der Waals surface area contributed by atoms with Crippen LogP contribution in [0.15, 0.2) is 22.8 Å². The molecule has 0 aromatic carbocycles. The van der Waals surface area contributed by atoms with E-state index in [1.807, 2.05) is 0 Å². The Morgan fingerprint density at radius 2 is 2.21 bits per heavy atom. The molecule has 0 bridgehead atoms. The van der Waals surface area contributed by atoms with Crippen LogP contribution in [0.2, 0.25) is 0 Å². The topological polar surface area (TPSA) is 79.5 Å². The van der Waals surface area contributed by atoms with E-state index in [1.54, 1.807) is 6.07 Å². The SMILES string of the molecule is CC(=O)N[C@](C)(C(=O)O)c1ccco1. The number of carbonyl (C=O) groups excluding carboxylic acids is 1. The van der Waals surface area contributed by atoms with E-state index >= 15 is 0 Å². The third-order valence-corrected chi connectivity index (χ3v) is 1.87. The van der Waals surface area contributed by atoms with Crippen molar-refractivity contribution >= 4 is 11.9 Å². The number of carbonyl (C=O) groups is 2. The second-order valence-electron chi connectivity index (χ2n) is 3.09. The van der Waals surface area contributed by atoms with E-state index in [0.29, 0.717) is 0 Å². The molecule has 14 heavy (non-hydrogen) atoms. The summed E-state index contributed by atoms with van der Waals surface area (Å²) in [6.07, 6.45) is 1.36. The van der Waals surface area contributed by atoms with Gasteiger partial charge < -0.3 is 14.8 Å². The Morgan fingerprint density at radius 3 is 2.57 bits per heavy atom. The first kappa shape index (κ1) is 10.3. The van der Waals surface area contributed by atoms with Gasteiger partial charge in [0.05, 0.1) is 6.26 Å². The van der Waals surface area contributed by atoms with Gasteiger partial charge in [-0.1, -0.05) is 0 Å². The Morgan fingerprint density at radius 1 is 1.57 bits per heavy atom. The Bertz CT molecular complexity index is 344. The maximum atomic E-state index is 11.0. The van der Waals surface area contributed by atoms with Crippen molar-refractivity contribution in [3.63, 3.8) is 0 Å². The molecule has 1 rings (SSSR count). The number of rotatable bonds is 3. The van der Waals surface area contributed by atoms with Crippen molar-refractivity contribution in [2.24, 2.45) is 0 Å². The van der Waals surface area contributed by atoms with Crippen LogP contribution in [0.5, 0.6) is 0 Å². The molecule has 0 saturated carbocycles. The number of aliphatic carboxylic acids is 1. The molecule has 1 heterocycles. The van der Waals surface area contributed by atoms with E-state index in [0.717, 1.165) is 0 Å². The molecule has 0 unspecified atom stereocenters. The molecule has 0 spiro atoms. The lowest BCUT2D eigenvalue weighted by Gasteiger charge is -2.22. The average molecular weight is 197 g/mol. The maximum Gasteiger partial charge on any atom is 0.337 e. The van der Waals surface area contributed by atoms with Gasteiger partial charge in [0.15, 0.2) is 5.54 Å². The quantitative estimate of drug-likeness (QED) is 0.748. The summed E-state index contributed by atoms with van der Waals surface area (Å²) in [4.78, 5) is 21.8. The summed E-state index contributed by atoms with van der Waals surface area (Å²) in [5, 5.41) is 11.3. The molecular weight excluding hydrogens is 186 g/mol. The number of amides is 1. The molecule has 2 N–H and O–H groups in total. The Kier molecular flexibility index (Phi) is 2.60. The Labute approximate surface area is 80.7 Å². The summed E-state index contributed by atoms with van der Waals surface area (Å²) in [7, 11) is 0. The molecule has 1 amide bonds. The normalized spacial score (nSPS) is 14.4. The summed E-state index contributed by atoms with van der Waals surface area (Å²) in [5.41, 5.74) is -1.50. The minimum Gasteiger partial charge on any atom is -0.479 e. The van der Waals surface area contributed by atoms with Gasteiger partial charge in [0.2, 0.25) is 5.91 Å². The first-order valence-corrected chi connectivity index (χ1v) is 4.03. The van der Waals surface area contributed by atoms with Gasteiger partial charge in [-0.2, -0.15) is 0 Å². The van der Waals surface area contributed by atoms with Crippen molar-refractivity contribution in [1.29, 1.82) is 0 Å². The number of carboxylic acids is 1. The molecule has 0 aliphatic rings. The Hall–Kier alpha value is -1.78. The van der Waals surface area contributed by atoms with Crippen LogP contribution in [0.25, 0.3) is 0 Å². The van der Waals surface area contributed by atoms with Crippen LogP contribution in [-0.4, -0.2) is 17.0 Å². The van der Waals surface area contributed by atoms with Crippen molar-refractivity contribution in [2.45, 2.75) is 19.4 Å². The average Bonchev–Trinajstić information content (AvgIpc) is 2.53. The van der Waals surface area contributed by atoms with Gasteiger partial charge in [-0.15, -0.1) is 0 Å². The highest BCUT2D eigenvalue weighted by atomic mass is 16.4. The lowest BCUT2D eigenvalue weighted by atomic mass is 9.99. The zero-order valence-electron chi connectivity index (χ0n) is 7.90. The smallest absolute Gasteiger partial charge is 0.337 e. The van der Waals surface area contributed by atoms with E-state index in [1.165, 1.54) is 26.2 Å². The summed E-state index contributed by atoms with van der Waals surface area (Å²) in [6.45, 7) is 2.62. The highest BCUT2D eigenvalue weighted by Crippen LogP contribution is 2.21. The van der Waals surface area contributed by atoms with Crippen molar-refractivity contribution in [3.8, 4) is 0 Å². The molecule has 0 radical (unpaired) electrons. The van der Waals surface area contributed by atoms with E-state index in [4.69, 9.17) is 9.52 Å². The molecule has 1 aromatic rings. The molecule has 5 nitrogen and oxygen atoms in total. The van der Waals surface area contributed by atoms with Gasteiger partial charge in [-0.3, -0.25) is 4.79 Å². The number of hydrogen-bond acceptors (Lipinski definition) is 3. The molecule has 0 aliphatic carbocycles. The van der Waals surface area contributed by atoms with Crippen LogP contribution >= 0.6 is 0 Å². The van der Waals surface area contributed by atoms with Crippen LogP contribution in [0.4, 0.5) is 0 Å². The molecule has 0 saturated heterocycles. The molecule has 0 aliphatic heterocycles. The van der Waals surface area contributed by atoms with Gasteiger partial charge >= 0.3 is 5.97 Å². The van der Waals surface area contributed by atoms with Crippen molar-refractivity contribution < 1.29 is 19.1 Å². The highest BCUT2D eigenvalue weighted by molar-refractivity contribution is 5.86. The third kappa shape index (κ3) is 1.76. The van der Waals surface area contributed by atoms with Crippen LogP contribution in [0, 0.1) is 0 Å².